The molecule has 0 atom stereocenters. The molecule has 0 amide bonds. The highest BCUT2D eigenvalue weighted by Gasteiger charge is 2.20. The van der Waals surface area contributed by atoms with E-state index in [0.717, 1.165) is 11.4 Å². The van der Waals surface area contributed by atoms with Gasteiger partial charge in [0.05, 0.1) is 22.1 Å². The average Bonchev–Trinajstić information content (AvgIpc) is 4.15. The van der Waals surface area contributed by atoms with Gasteiger partial charge in [0, 0.05) is 32.9 Å². The van der Waals surface area contributed by atoms with Gasteiger partial charge in [0.15, 0.2) is 0 Å². The monoisotopic (exact) mass is 1010 g/mol. The number of nitrogens with zero attached hydrogens (tertiary/aromatic N) is 2. The second-order valence-electron chi connectivity index (χ2n) is 21.8. The van der Waals surface area contributed by atoms with Crippen LogP contribution in [0.25, 0.3) is 173 Å². The minimum Gasteiger partial charge on any atom is -0.309 e. The maximum Gasteiger partial charge on any atom is 0.0541 e. The summed E-state index contributed by atoms with van der Waals surface area (Å²) >= 11 is 0. The van der Waals surface area contributed by atoms with Crippen LogP contribution in [-0.4, -0.2) is 9.13 Å². The molecular formula is C78H46N2. The summed E-state index contributed by atoms with van der Waals surface area (Å²) in [6, 6.07) is 105. The van der Waals surface area contributed by atoms with Crippen LogP contribution >= 0.6 is 0 Å². The van der Waals surface area contributed by atoms with Crippen LogP contribution in [0.1, 0.15) is 0 Å². The Hall–Kier alpha value is -10.5. The molecule has 0 radical (unpaired) electrons. The molecule has 0 bridgehead atoms. The fraction of sp³-hybridized carbons (Fsp3) is 0. The Morgan fingerprint density at radius 1 is 0.125 bits per heavy atom. The first-order chi connectivity index (χ1) is 39.7. The lowest BCUT2D eigenvalue weighted by atomic mass is 9.87. The van der Waals surface area contributed by atoms with Crippen molar-refractivity contribution in [2.75, 3.05) is 0 Å². The predicted octanol–water partition coefficient (Wildman–Crippen LogP) is 21.7. The zero-order chi connectivity index (χ0) is 52.2. The van der Waals surface area contributed by atoms with Crippen molar-refractivity contribution in [2.45, 2.75) is 0 Å². The molecule has 18 aromatic rings. The molecule has 80 heavy (non-hydrogen) atoms. The number of hydrogen-bond donors (Lipinski definition) is 0. The van der Waals surface area contributed by atoms with Gasteiger partial charge in [-0.05, 0) is 191 Å². The maximum atomic E-state index is 2.55. The normalized spacial score (nSPS) is 12.2. The van der Waals surface area contributed by atoms with Gasteiger partial charge in [-0.25, -0.2) is 0 Å². The second kappa shape index (κ2) is 16.5. The molecule has 16 aromatic carbocycles. The fourth-order valence-corrected chi connectivity index (χ4v) is 14.4. The molecule has 0 saturated carbocycles. The Morgan fingerprint density at radius 3 is 0.525 bits per heavy atom. The molecule has 0 spiro atoms. The number of para-hydroxylation sites is 4. The van der Waals surface area contributed by atoms with Crippen LogP contribution in [0.5, 0.6) is 0 Å². The minimum absolute atomic E-state index is 1.14. The summed E-state index contributed by atoms with van der Waals surface area (Å²) in [6.45, 7) is 0. The van der Waals surface area contributed by atoms with Crippen molar-refractivity contribution in [1.29, 1.82) is 0 Å². The minimum atomic E-state index is 1.14. The Kier molecular flexibility index (Phi) is 8.98. The van der Waals surface area contributed by atoms with Crippen LogP contribution in [0.3, 0.4) is 0 Å². The first kappa shape index (κ1) is 43.5. The van der Waals surface area contributed by atoms with Crippen molar-refractivity contribution in [1.82, 2.24) is 9.13 Å². The Balaban J connectivity index is 1.01. The Morgan fingerprint density at radius 2 is 0.287 bits per heavy atom. The standard InChI is InChI=1S/C78H46N2/c1-6-24-54-49(19-1)51-21-3-7-25-55(51)67-43-69-57-27-9-10-28-58(57)70-44-71-59-39-37-47(79-75-33-15-11-29-61(75)62-30-12-16-34-76(62)79)41-65(59)53-23-5-2-20-50(53)52-22-4-8-26-56(52)68(71)45-73(70)74(69)46-72(67)60-40-38-48(42-66(54)60)80-77-35-17-13-31-63(77)64-32-14-18-36-78(64)80/h1-46H. The van der Waals surface area contributed by atoms with Gasteiger partial charge >= 0.3 is 0 Å². The lowest BCUT2D eigenvalue weighted by molar-refractivity contribution is 1.19. The molecule has 0 fully saturated rings. The molecule has 2 aromatic heterocycles. The van der Waals surface area contributed by atoms with Crippen LogP contribution in [0.4, 0.5) is 0 Å². The highest BCUT2D eigenvalue weighted by molar-refractivity contribution is 6.36. The summed E-state index contributed by atoms with van der Waals surface area (Å²) in [4.78, 5) is 0. The molecule has 0 aliphatic heterocycles. The number of hydrogen-bond acceptors (Lipinski definition) is 0. The molecule has 368 valence electrons. The summed E-state index contributed by atoms with van der Waals surface area (Å²) in [7, 11) is 0. The van der Waals surface area contributed by atoms with Crippen LogP contribution in [-0.2, 0) is 0 Å². The van der Waals surface area contributed by atoms with Gasteiger partial charge in [-0.3, -0.25) is 0 Å². The summed E-state index contributed by atoms with van der Waals surface area (Å²) in [6.07, 6.45) is 0. The quantitative estimate of drug-likeness (QED) is 0.153. The van der Waals surface area contributed by atoms with Gasteiger partial charge in [0.1, 0.15) is 0 Å². The van der Waals surface area contributed by atoms with Crippen molar-refractivity contribution in [3.8, 4) is 11.4 Å². The largest absolute Gasteiger partial charge is 0.309 e. The van der Waals surface area contributed by atoms with E-state index in [0.29, 0.717) is 0 Å². The summed E-state index contributed by atoms with van der Waals surface area (Å²) in [5, 5.41) is 32.2. The van der Waals surface area contributed by atoms with E-state index in [1.807, 2.05) is 0 Å². The van der Waals surface area contributed by atoms with Gasteiger partial charge in [0.25, 0.3) is 0 Å². The first-order valence-electron chi connectivity index (χ1n) is 27.8. The molecule has 0 saturated heterocycles. The molecule has 2 nitrogen and oxygen atoms in total. The van der Waals surface area contributed by atoms with Crippen molar-refractivity contribution >= 4 is 162 Å². The second-order valence-corrected chi connectivity index (χ2v) is 21.8. The zero-order valence-electron chi connectivity index (χ0n) is 43.5. The average molecular weight is 1010 g/mol. The van der Waals surface area contributed by atoms with Gasteiger partial charge in [0.2, 0.25) is 0 Å². The van der Waals surface area contributed by atoms with Crippen LogP contribution < -0.4 is 0 Å². The highest BCUT2D eigenvalue weighted by Crippen LogP contribution is 2.46. The topological polar surface area (TPSA) is 9.86 Å². The summed E-state index contributed by atoms with van der Waals surface area (Å²) in [5.74, 6) is 0. The highest BCUT2D eigenvalue weighted by atomic mass is 15.0. The number of aromatic nitrogens is 2. The van der Waals surface area contributed by atoms with Gasteiger partial charge in [-0.1, -0.05) is 206 Å². The third-order valence-corrected chi connectivity index (χ3v) is 17.8. The van der Waals surface area contributed by atoms with E-state index in [9.17, 15) is 0 Å². The third-order valence-electron chi connectivity index (χ3n) is 17.8. The van der Waals surface area contributed by atoms with E-state index in [1.165, 1.54) is 162 Å². The predicted molar refractivity (Wildman–Crippen MR) is 345 cm³/mol. The van der Waals surface area contributed by atoms with E-state index in [-0.39, 0.29) is 0 Å². The summed E-state index contributed by atoms with van der Waals surface area (Å²) < 4.78 is 4.90. The molecule has 0 unspecified atom stereocenters. The molecule has 2 heterocycles. The van der Waals surface area contributed by atoms with Gasteiger partial charge in [-0.15, -0.1) is 0 Å². The van der Waals surface area contributed by atoms with Gasteiger partial charge < -0.3 is 9.13 Å². The van der Waals surface area contributed by atoms with Crippen molar-refractivity contribution in [2.24, 2.45) is 0 Å². The third kappa shape index (κ3) is 6.02. The van der Waals surface area contributed by atoms with Crippen molar-refractivity contribution in [3.05, 3.63) is 279 Å². The van der Waals surface area contributed by atoms with E-state index in [2.05, 4.69) is 288 Å². The molecule has 18 rings (SSSR count). The van der Waals surface area contributed by atoms with Crippen molar-refractivity contribution < 1.29 is 0 Å². The SMILES string of the molecule is c1ccc2c(c1)c1ccccc1c1cc3c(cc1c1ccc(-n4c5ccccc5c5ccccc54)cc21)c1ccccc1c1cc2c4ccccc4c4ccccc4c4cc(-n5c6ccccc6c6ccccc65)ccc4c2cc13. The Labute approximate surface area is 459 Å². The van der Waals surface area contributed by atoms with E-state index < -0.39 is 0 Å². The summed E-state index contributed by atoms with van der Waals surface area (Å²) in [5.41, 5.74) is 7.10. The van der Waals surface area contributed by atoms with Crippen LogP contribution in [0, 0.1) is 0 Å². The fourth-order valence-electron chi connectivity index (χ4n) is 14.4. The molecule has 0 aliphatic rings. The molecular weight excluding hydrogens is 965 g/mol. The smallest absolute Gasteiger partial charge is 0.0541 e. The van der Waals surface area contributed by atoms with Crippen LogP contribution in [0.2, 0.25) is 0 Å². The molecule has 0 aliphatic carbocycles. The molecule has 0 N–H and O–H groups in total. The number of benzene rings is 14. The van der Waals surface area contributed by atoms with E-state index in [1.54, 1.807) is 0 Å². The van der Waals surface area contributed by atoms with Gasteiger partial charge in [-0.2, -0.15) is 0 Å². The lowest BCUT2D eigenvalue weighted by Crippen LogP contribution is -1.94. The van der Waals surface area contributed by atoms with Crippen molar-refractivity contribution in [3.63, 3.8) is 0 Å². The van der Waals surface area contributed by atoms with Crippen LogP contribution in [0.15, 0.2) is 279 Å². The molecule has 2 heteroatoms. The zero-order valence-corrected chi connectivity index (χ0v) is 43.5. The van der Waals surface area contributed by atoms with E-state index >= 15 is 0 Å². The Bertz CT molecular complexity index is 5750. The maximum absolute atomic E-state index is 2.55. The number of fused-ring (bicyclic) bond motifs is 28. The van der Waals surface area contributed by atoms with E-state index in [4.69, 9.17) is 0 Å². The number of rotatable bonds is 2. The lowest BCUT2D eigenvalue weighted by Gasteiger charge is -2.17. The first-order valence-corrected chi connectivity index (χ1v) is 27.8.